The first-order valence-electron chi connectivity index (χ1n) is 13.8. The van der Waals surface area contributed by atoms with Gasteiger partial charge in [0, 0.05) is 67.8 Å². The number of benzene rings is 1. The van der Waals surface area contributed by atoms with E-state index in [9.17, 15) is 22.8 Å². The second-order valence-electron chi connectivity index (χ2n) is 10.7. The van der Waals surface area contributed by atoms with Gasteiger partial charge in [-0.15, -0.1) is 0 Å². The number of carbonyl (C=O) groups excluding carboxylic acids is 2. The predicted octanol–water partition coefficient (Wildman–Crippen LogP) is 4.17. The summed E-state index contributed by atoms with van der Waals surface area (Å²) < 4.78 is 41.7. The van der Waals surface area contributed by atoms with Gasteiger partial charge in [0.05, 0.1) is 17.7 Å². The summed E-state index contributed by atoms with van der Waals surface area (Å²) in [4.78, 5) is 37.1. The highest BCUT2D eigenvalue weighted by Crippen LogP contribution is 2.34. The maximum atomic E-state index is 13.9. The fourth-order valence-corrected chi connectivity index (χ4v) is 4.59. The Morgan fingerprint density at radius 2 is 1.71 bits per heavy atom. The zero-order valence-corrected chi connectivity index (χ0v) is 23.2. The van der Waals surface area contributed by atoms with Crippen LogP contribution in [0.2, 0.25) is 0 Å². The van der Waals surface area contributed by atoms with Crippen LogP contribution in [-0.4, -0.2) is 64.8 Å². The van der Waals surface area contributed by atoms with Crippen LogP contribution in [0.5, 0.6) is 0 Å². The van der Waals surface area contributed by atoms with Crippen molar-refractivity contribution >= 4 is 23.3 Å². The van der Waals surface area contributed by atoms with Gasteiger partial charge in [-0.2, -0.15) is 13.2 Å². The molecule has 0 radical (unpaired) electrons. The number of nitrogens with one attached hydrogen (secondary N) is 2. The topological polar surface area (TPSA) is 90.5 Å². The summed E-state index contributed by atoms with van der Waals surface area (Å²) in [6.07, 6.45) is 0.240. The average molecular weight is 577 g/mol. The van der Waals surface area contributed by atoms with Crippen LogP contribution in [0.15, 0.2) is 54.9 Å². The van der Waals surface area contributed by atoms with Crippen molar-refractivity contribution in [1.29, 1.82) is 0 Å². The van der Waals surface area contributed by atoms with Crippen LogP contribution in [0.25, 0.3) is 0 Å². The molecule has 1 aromatic carbocycles. The number of likely N-dealkylation sites (N-methyl/N-ethyl adjacent to an activating group) is 1. The van der Waals surface area contributed by atoms with Crippen LogP contribution in [0.1, 0.15) is 40.8 Å². The summed E-state index contributed by atoms with van der Waals surface area (Å²) >= 11 is 0. The molecule has 0 unspecified atom stereocenters. The van der Waals surface area contributed by atoms with E-state index < -0.39 is 17.6 Å². The van der Waals surface area contributed by atoms with Gasteiger partial charge < -0.3 is 15.5 Å². The van der Waals surface area contributed by atoms with E-state index in [4.69, 9.17) is 0 Å². The normalized spacial score (nSPS) is 15.9. The van der Waals surface area contributed by atoms with Crippen LogP contribution < -0.4 is 10.6 Å². The van der Waals surface area contributed by atoms with E-state index in [1.165, 1.54) is 18.3 Å². The van der Waals surface area contributed by atoms with Crippen molar-refractivity contribution in [2.45, 2.75) is 32.0 Å². The molecule has 0 bridgehead atoms. The molecule has 1 aliphatic heterocycles. The van der Waals surface area contributed by atoms with Gasteiger partial charge in [0.25, 0.3) is 0 Å². The van der Waals surface area contributed by atoms with E-state index in [2.05, 4.69) is 37.3 Å². The van der Waals surface area contributed by atoms with Crippen LogP contribution in [0.4, 0.5) is 24.7 Å². The van der Waals surface area contributed by atoms with Gasteiger partial charge in [0.2, 0.25) is 11.8 Å². The summed E-state index contributed by atoms with van der Waals surface area (Å²) in [5.41, 5.74) is 1.21. The molecular weight excluding hydrogens is 545 g/mol. The smallest absolute Gasteiger partial charge is 0.326 e. The largest absolute Gasteiger partial charge is 0.416 e. The van der Waals surface area contributed by atoms with E-state index >= 15 is 0 Å². The molecule has 1 saturated heterocycles. The monoisotopic (exact) mass is 576 g/mol. The standard InChI is InChI=1S/C31H31F3N6O2/c1-39-12-14-40(15-13-39)20-24-7-8-25(17-27(24)31(32,33)34)37-29(41)18-26-16-21(10-11-35-26)2-3-22-4-9-28(36-19-22)38-30(42)23-5-6-23/h4,7-11,16-17,19,23H,5-6,12-15,18,20H2,1H3,(H,37,41)(H,36,38,42). The number of halogens is 3. The molecule has 218 valence electrons. The van der Waals surface area contributed by atoms with Gasteiger partial charge >= 0.3 is 6.18 Å². The van der Waals surface area contributed by atoms with Crippen molar-refractivity contribution in [3.8, 4) is 11.8 Å². The number of anilines is 2. The number of hydrogen-bond donors (Lipinski definition) is 2. The van der Waals surface area contributed by atoms with Crippen LogP contribution in [-0.2, 0) is 28.7 Å². The molecule has 42 heavy (non-hydrogen) atoms. The van der Waals surface area contributed by atoms with E-state index in [1.54, 1.807) is 30.5 Å². The highest BCUT2D eigenvalue weighted by Gasteiger charge is 2.34. The highest BCUT2D eigenvalue weighted by atomic mass is 19.4. The molecule has 2 N–H and O–H groups in total. The van der Waals surface area contributed by atoms with E-state index in [1.807, 2.05) is 11.9 Å². The fraction of sp³-hybridized carbons (Fsp3) is 0.355. The van der Waals surface area contributed by atoms with E-state index in [0.717, 1.165) is 32.0 Å². The number of nitrogens with zero attached hydrogens (tertiary/aromatic N) is 4. The maximum Gasteiger partial charge on any atom is 0.416 e. The zero-order chi connectivity index (χ0) is 29.7. The lowest BCUT2D eigenvalue weighted by molar-refractivity contribution is -0.138. The van der Waals surface area contributed by atoms with Gasteiger partial charge in [0.15, 0.2) is 0 Å². The Morgan fingerprint density at radius 1 is 0.952 bits per heavy atom. The SMILES string of the molecule is CN1CCN(Cc2ccc(NC(=O)Cc3cc(C#Cc4ccc(NC(=O)C5CC5)nc4)ccn3)cc2C(F)(F)F)CC1. The fourth-order valence-electron chi connectivity index (χ4n) is 4.59. The minimum Gasteiger partial charge on any atom is -0.326 e. The van der Waals surface area contributed by atoms with Crippen LogP contribution in [0, 0.1) is 17.8 Å². The number of aromatic nitrogens is 2. The Labute approximate surface area is 242 Å². The molecule has 0 atom stereocenters. The molecule has 3 heterocycles. The van der Waals surface area contributed by atoms with E-state index in [0.29, 0.717) is 35.7 Å². The zero-order valence-electron chi connectivity index (χ0n) is 23.2. The van der Waals surface area contributed by atoms with Gasteiger partial charge in [-0.1, -0.05) is 17.9 Å². The summed E-state index contributed by atoms with van der Waals surface area (Å²) in [5, 5.41) is 5.35. The third-order valence-corrected chi connectivity index (χ3v) is 7.16. The highest BCUT2D eigenvalue weighted by molar-refractivity contribution is 5.93. The first-order chi connectivity index (χ1) is 20.1. The molecule has 5 rings (SSSR count). The number of pyridine rings is 2. The third-order valence-electron chi connectivity index (χ3n) is 7.16. The molecule has 8 nitrogen and oxygen atoms in total. The quantitative estimate of drug-likeness (QED) is 0.411. The van der Waals surface area contributed by atoms with Crippen molar-refractivity contribution in [2.75, 3.05) is 43.9 Å². The molecule has 2 amide bonds. The average Bonchev–Trinajstić information content (AvgIpc) is 3.80. The second kappa shape index (κ2) is 12.7. The number of piperazine rings is 1. The first kappa shape index (κ1) is 29.2. The van der Waals surface area contributed by atoms with Gasteiger partial charge in [-0.05, 0) is 61.9 Å². The predicted molar refractivity (Wildman–Crippen MR) is 152 cm³/mol. The minimum absolute atomic E-state index is 0.0197. The number of amides is 2. The Hall–Kier alpha value is -4.27. The number of alkyl halides is 3. The lowest BCUT2D eigenvalue weighted by Crippen LogP contribution is -2.44. The van der Waals surface area contributed by atoms with Gasteiger partial charge in [-0.25, -0.2) is 4.98 Å². The molecule has 3 aromatic rings. The molecule has 11 heteroatoms. The Bertz CT molecular complexity index is 1500. The number of hydrogen-bond acceptors (Lipinski definition) is 6. The maximum absolute atomic E-state index is 13.9. The van der Waals surface area contributed by atoms with Gasteiger partial charge in [-0.3, -0.25) is 19.5 Å². The Kier molecular flexibility index (Phi) is 8.85. The first-order valence-corrected chi connectivity index (χ1v) is 13.8. The summed E-state index contributed by atoms with van der Waals surface area (Å²) in [7, 11) is 1.99. The lowest BCUT2D eigenvalue weighted by Gasteiger charge is -2.33. The summed E-state index contributed by atoms with van der Waals surface area (Å²) in [5.74, 6) is 6.04. The lowest BCUT2D eigenvalue weighted by atomic mass is 10.0. The molecule has 0 spiro atoms. The van der Waals surface area contributed by atoms with Crippen molar-refractivity contribution < 1.29 is 22.8 Å². The van der Waals surface area contributed by atoms with Crippen molar-refractivity contribution in [1.82, 2.24) is 19.8 Å². The molecule has 2 aliphatic rings. The van der Waals surface area contributed by atoms with Crippen molar-refractivity contribution in [3.63, 3.8) is 0 Å². The molecular formula is C31H31F3N6O2. The van der Waals surface area contributed by atoms with Crippen LogP contribution in [0.3, 0.4) is 0 Å². The third kappa shape index (κ3) is 8.15. The molecule has 1 aliphatic carbocycles. The van der Waals surface area contributed by atoms with E-state index in [-0.39, 0.29) is 36.0 Å². The number of rotatable bonds is 7. The second-order valence-corrected chi connectivity index (χ2v) is 10.7. The van der Waals surface area contributed by atoms with Crippen molar-refractivity contribution in [2.24, 2.45) is 5.92 Å². The molecule has 2 aromatic heterocycles. The summed E-state index contributed by atoms with van der Waals surface area (Å²) in [6.45, 7) is 3.22. The van der Waals surface area contributed by atoms with Gasteiger partial charge in [0.1, 0.15) is 5.82 Å². The summed E-state index contributed by atoms with van der Waals surface area (Å²) in [6, 6.07) is 10.7. The Balaban J connectivity index is 1.20. The van der Waals surface area contributed by atoms with Crippen molar-refractivity contribution in [3.05, 3.63) is 82.8 Å². The number of carbonyl (C=O) groups is 2. The molecule has 1 saturated carbocycles. The minimum atomic E-state index is -4.54. The van der Waals surface area contributed by atoms with Crippen LogP contribution >= 0.6 is 0 Å². The molecule has 2 fully saturated rings. The Morgan fingerprint density at radius 3 is 2.40 bits per heavy atom.